The maximum Gasteiger partial charge on any atom is 0.407 e. The molecule has 0 saturated heterocycles. The summed E-state index contributed by atoms with van der Waals surface area (Å²) in [5.41, 5.74) is 3.16. The SMILES string of the molecule is O=Cc1ncc(-c2ccc(CCN(CCc3ccc(O)c4[nH]c(=O)sc34)C(=O)O)cc2)s1. The summed E-state index contributed by atoms with van der Waals surface area (Å²) < 4.78 is 0.650. The number of aromatic nitrogens is 2. The van der Waals surface area contributed by atoms with Gasteiger partial charge in [0.1, 0.15) is 11.3 Å². The third kappa shape index (κ3) is 4.71. The maximum atomic E-state index is 11.7. The van der Waals surface area contributed by atoms with Gasteiger partial charge in [0.2, 0.25) is 0 Å². The van der Waals surface area contributed by atoms with Crippen molar-refractivity contribution in [3.8, 4) is 16.2 Å². The molecule has 0 saturated carbocycles. The molecule has 0 fully saturated rings. The van der Waals surface area contributed by atoms with Gasteiger partial charge in [0.25, 0.3) is 0 Å². The fraction of sp³-hybridized carbons (Fsp3) is 0.182. The molecular formula is C22H19N3O5S2. The van der Waals surface area contributed by atoms with E-state index in [1.165, 1.54) is 22.3 Å². The number of carbonyl (C=O) groups is 2. The number of thiazole rings is 2. The fourth-order valence-electron chi connectivity index (χ4n) is 3.40. The van der Waals surface area contributed by atoms with Crippen LogP contribution in [0.5, 0.6) is 5.75 Å². The highest BCUT2D eigenvalue weighted by molar-refractivity contribution is 7.17. The number of hydrogen-bond acceptors (Lipinski definition) is 7. The second kappa shape index (κ2) is 9.33. The first kappa shape index (κ1) is 21.7. The molecule has 0 aliphatic carbocycles. The van der Waals surface area contributed by atoms with Crippen LogP contribution < -0.4 is 4.87 Å². The molecule has 0 spiro atoms. The van der Waals surface area contributed by atoms with Crippen molar-refractivity contribution in [2.45, 2.75) is 12.8 Å². The zero-order chi connectivity index (χ0) is 22.7. The molecule has 2 aromatic heterocycles. The van der Waals surface area contributed by atoms with Crippen LogP contribution in [0, 0.1) is 0 Å². The Kier molecular flexibility index (Phi) is 6.33. The minimum absolute atomic E-state index is 0.00125. The van der Waals surface area contributed by atoms with Crippen molar-refractivity contribution in [2.24, 2.45) is 0 Å². The van der Waals surface area contributed by atoms with E-state index in [0.29, 0.717) is 34.6 Å². The number of amides is 1. The Morgan fingerprint density at radius 3 is 2.53 bits per heavy atom. The first-order valence-electron chi connectivity index (χ1n) is 9.76. The molecule has 4 aromatic rings. The number of rotatable bonds is 8. The first-order chi connectivity index (χ1) is 15.4. The lowest BCUT2D eigenvalue weighted by atomic mass is 10.1. The molecule has 164 valence electrons. The van der Waals surface area contributed by atoms with Gasteiger partial charge < -0.3 is 20.1 Å². The molecule has 4 rings (SSSR count). The van der Waals surface area contributed by atoms with Crippen LogP contribution in [-0.4, -0.2) is 50.5 Å². The van der Waals surface area contributed by atoms with E-state index in [1.54, 1.807) is 12.3 Å². The third-order valence-corrected chi connectivity index (χ3v) is 7.02. The lowest BCUT2D eigenvalue weighted by Crippen LogP contribution is -2.33. The number of nitrogens with zero attached hydrogens (tertiary/aromatic N) is 2. The minimum Gasteiger partial charge on any atom is -0.506 e. The van der Waals surface area contributed by atoms with Crippen molar-refractivity contribution >= 4 is 45.3 Å². The van der Waals surface area contributed by atoms with Gasteiger partial charge in [-0.1, -0.05) is 41.7 Å². The average Bonchev–Trinajstić information content (AvgIpc) is 3.42. The van der Waals surface area contributed by atoms with Gasteiger partial charge in [-0.15, -0.1) is 11.3 Å². The molecule has 2 aromatic carbocycles. The summed E-state index contributed by atoms with van der Waals surface area (Å²) in [7, 11) is 0. The lowest BCUT2D eigenvalue weighted by Gasteiger charge is -2.19. The standard InChI is InChI=1S/C22H19N3O5S2/c26-12-18-23-11-17(31-18)14-3-1-13(2-4-14)7-9-25(22(29)30)10-8-15-5-6-16(27)19-20(15)32-21(28)24-19/h1-6,11-12,27H,7-10H2,(H,24,28)(H,29,30). The van der Waals surface area contributed by atoms with E-state index in [1.807, 2.05) is 24.3 Å². The fourth-order valence-corrected chi connectivity index (χ4v) is 5.04. The molecule has 0 unspecified atom stereocenters. The van der Waals surface area contributed by atoms with Crippen molar-refractivity contribution in [1.82, 2.24) is 14.9 Å². The molecule has 10 heteroatoms. The van der Waals surface area contributed by atoms with E-state index in [9.17, 15) is 24.6 Å². The molecular weight excluding hydrogens is 450 g/mol. The first-order valence-corrected chi connectivity index (χ1v) is 11.4. The Hall–Kier alpha value is -3.50. The maximum absolute atomic E-state index is 11.7. The lowest BCUT2D eigenvalue weighted by molar-refractivity contribution is 0.112. The second-order valence-electron chi connectivity index (χ2n) is 7.11. The Morgan fingerprint density at radius 1 is 1.09 bits per heavy atom. The number of phenols is 1. The van der Waals surface area contributed by atoms with Crippen molar-refractivity contribution in [3.05, 3.63) is 68.4 Å². The quantitative estimate of drug-likeness (QED) is 0.335. The Bertz CT molecular complexity index is 1320. The van der Waals surface area contributed by atoms with E-state index in [2.05, 4.69) is 9.97 Å². The molecule has 1 amide bonds. The Balaban J connectivity index is 1.40. The number of aldehydes is 1. The van der Waals surface area contributed by atoms with Crippen LogP contribution in [0.15, 0.2) is 47.4 Å². The number of nitrogens with one attached hydrogen (secondary N) is 1. The van der Waals surface area contributed by atoms with Crippen LogP contribution in [0.2, 0.25) is 0 Å². The predicted molar refractivity (Wildman–Crippen MR) is 124 cm³/mol. The van der Waals surface area contributed by atoms with Crippen LogP contribution in [-0.2, 0) is 12.8 Å². The molecule has 3 N–H and O–H groups in total. The molecule has 0 atom stereocenters. The van der Waals surface area contributed by atoms with E-state index in [4.69, 9.17) is 0 Å². The van der Waals surface area contributed by atoms with Crippen molar-refractivity contribution in [2.75, 3.05) is 13.1 Å². The van der Waals surface area contributed by atoms with Gasteiger partial charge in [-0.25, -0.2) is 9.78 Å². The highest BCUT2D eigenvalue weighted by Gasteiger charge is 2.15. The predicted octanol–water partition coefficient (Wildman–Crippen LogP) is 4.00. The number of benzene rings is 2. The number of H-pyrrole nitrogens is 1. The highest BCUT2D eigenvalue weighted by Crippen LogP contribution is 2.28. The van der Waals surface area contributed by atoms with E-state index < -0.39 is 6.09 Å². The normalized spacial score (nSPS) is 11.0. The van der Waals surface area contributed by atoms with E-state index in [-0.39, 0.29) is 17.2 Å². The number of hydrogen-bond donors (Lipinski definition) is 3. The van der Waals surface area contributed by atoms with Gasteiger partial charge in [-0.05, 0) is 35.6 Å². The summed E-state index contributed by atoms with van der Waals surface area (Å²) in [5, 5.41) is 19.9. The summed E-state index contributed by atoms with van der Waals surface area (Å²) in [6, 6.07) is 11.0. The monoisotopic (exact) mass is 469 g/mol. The Labute approximate surface area is 190 Å². The summed E-state index contributed by atoms with van der Waals surface area (Å²) >= 11 is 2.33. The van der Waals surface area contributed by atoms with E-state index in [0.717, 1.165) is 39.2 Å². The molecule has 0 radical (unpaired) electrons. The number of fused-ring (bicyclic) bond motifs is 1. The van der Waals surface area contributed by atoms with Crippen molar-refractivity contribution < 1.29 is 19.8 Å². The van der Waals surface area contributed by atoms with Crippen molar-refractivity contribution in [1.29, 1.82) is 0 Å². The summed E-state index contributed by atoms with van der Waals surface area (Å²) in [6.45, 7) is 0.601. The third-order valence-electron chi connectivity index (χ3n) is 5.09. The van der Waals surface area contributed by atoms with Crippen LogP contribution in [0.4, 0.5) is 4.79 Å². The molecule has 0 aliphatic rings. The molecule has 0 bridgehead atoms. The van der Waals surface area contributed by atoms with Gasteiger partial charge in [0, 0.05) is 19.3 Å². The number of carbonyl (C=O) groups excluding carboxylic acids is 1. The number of carboxylic acid groups (broad SMARTS) is 1. The average molecular weight is 470 g/mol. The Morgan fingerprint density at radius 2 is 1.84 bits per heavy atom. The zero-order valence-electron chi connectivity index (χ0n) is 16.8. The number of aromatic amines is 1. The second-order valence-corrected chi connectivity index (χ2v) is 9.15. The number of aromatic hydroxyl groups is 1. The van der Waals surface area contributed by atoms with Crippen LogP contribution in [0.3, 0.4) is 0 Å². The van der Waals surface area contributed by atoms with Gasteiger partial charge >= 0.3 is 11.0 Å². The molecule has 0 aliphatic heterocycles. The highest BCUT2D eigenvalue weighted by atomic mass is 32.1. The van der Waals surface area contributed by atoms with Crippen LogP contribution >= 0.6 is 22.7 Å². The summed E-state index contributed by atoms with van der Waals surface area (Å²) in [5.74, 6) is 0.00125. The van der Waals surface area contributed by atoms with Gasteiger partial charge in [-0.3, -0.25) is 9.59 Å². The van der Waals surface area contributed by atoms with Crippen molar-refractivity contribution in [3.63, 3.8) is 0 Å². The van der Waals surface area contributed by atoms with Crippen LogP contribution in [0.1, 0.15) is 20.9 Å². The van der Waals surface area contributed by atoms with Gasteiger partial charge in [0.05, 0.1) is 9.58 Å². The molecule has 8 nitrogen and oxygen atoms in total. The summed E-state index contributed by atoms with van der Waals surface area (Å²) in [6.07, 6.45) is 2.36. The topological polar surface area (TPSA) is 124 Å². The zero-order valence-corrected chi connectivity index (χ0v) is 18.4. The van der Waals surface area contributed by atoms with Gasteiger partial charge in [-0.2, -0.15) is 0 Å². The minimum atomic E-state index is -1.01. The molecule has 32 heavy (non-hydrogen) atoms. The van der Waals surface area contributed by atoms with Gasteiger partial charge in [0.15, 0.2) is 11.3 Å². The molecule has 2 heterocycles. The largest absolute Gasteiger partial charge is 0.506 e. The smallest absolute Gasteiger partial charge is 0.407 e. The van der Waals surface area contributed by atoms with Crippen LogP contribution in [0.25, 0.3) is 20.7 Å². The number of phenolic OH excluding ortho intramolecular Hbond substituents is 1. The van der Waals surface area contributed by atoms with E-state index >= 15 is 0 Å². The summed E-state index contributed by atoms with van der Waals surface area (Å²) in [4.78, 5) is 42.8.